The van der Waals surface area contributed by atoms with Gasteiger partial charge in [-0.3, -0.25) is 4.79 Å². The molecule has 2 rings (SSSR count). The minimum Gasteiger partial charge on any atom is -0.494 e. The Labute approximate surface area is 164 Å². The first kappa shape index (κ1) is 21.5. The number of ketones is 1. The van der Waals surface area contributed by atoms with E-state index in [0.717, 1.165) is 0 Å². The standard InChI is InChI=1S/C21H25FO6/c1-6-28-17(10-13-7-8-16(24-2)15(22)9-13)20(23)14-11-18(25-3)21(27-5)19(12-14)26-4/h7-9,11-12,17H,6,10H2,1-5H3. The van der Waals surface area contributed by atoms with E-state index in [0.29, 0.717) is 35.0 Å². The van der Waals surface area contributed by atoms with Crippen LogP contribution in [0.15, 0.2) is 30.3 Å². The van der Waals surface area contributed by atoms with Gasteiger partial charge in [-0.25, -0.2) is 4.39 Å². The van der Waals surface area contributed by atoms with Gasteiger partial charge in [0.05, 0.1) is 28.4 Å². The van der Waals surface area contributed by atoms with E-state index in [9.17, 15) is 9.18 Å². The first-order chi connectivity index (χ1) is 13.5. The average Bonchev–Trinajstić information content (AvgIpc) is 2.71. The fourth-order valence-corrected chi connectivity index (χ4v) is 2.89. The van der Waals surface area contributed by atoms with E-state index in [1.807, 2.05) is 0 Å². The molecule has 1 unspecified atom stereocenters. The number of benzene rings is 2. The van der Waals surface area contributed by atoms with Gasteiger partial charge in [-0.2, -0.15) is 0 Å². The van der Waals surface area contributed by atoms with Crippen LogP contribution in [-0.4, -0.2) is 46.9 Å². The topological polar surface area (TPSA) is 63.2 Å². The molecule has 2 aromatic rings. The molecular weight excluding hydrogens is 367 g/mol. The van der Waals surface area contributed by atoms with Crippen molar-refractivity contribution in [2.75, 3.05) is 35.0 Å². The molecule has 2 aromatic carbocycles. The van der Waals surface area contributed by atoms with Crippen molar-refractivity contribution in [2.45, 2.75) is 19.4 Å². The summed E-state index contributed by atoms with van der Waals surface area (Å²) in [6.45, 7) is 2.13. The summed E-state index contributed by atoms with van der Waals surface area (Å²) >= 11 is 0. The van der Waals surface area contributed by atoms with Crippen molar-refractivity contribution in [3.05, 3.63) is 47.3 Å². The molecule has 0 aromatic heterocycles. The smallest absolute Gasteiger partial charge is 0.203 e. The van der Waals surface area contributed by atoms with E-state index < -0.39 is 11.9 Å². The third-order valence-electron chi connectivity index (χ3n) is 4.25. The van der Waals surface area contributed by atoms with Crippen molar-refractivity contribution in [3.63, 3.8) is 0 Å². The third kappa shape index (κ3) is 4.72. The number of halogens is 1. The Hall–Kier alpha value is -2.80. The summed E-state index contributed by atoms with van der Waals surface area (Å²) in [6, 6.07) is 7.72. The van der Waals surface area contributed by atoms with Crippen LogP contribution < -0.4 is 18.9 Å². The Bertz CT molecular complexity index is 796. The van der Waals surface area contributed by atoms with E-state index in [2.05, 4.69) is 0 Å². The van der Waals surface area contributed by atoms with Gasteiger partial charge in [0.15, 0.2) is 28.8 Å². The third-order valence-corrected chi connectivity index (χ3v) is 4.25. The molecule has 0 aliphatic carbocycles. The average molecular weight is 392 g/mol. The lowest BCUT2D eigenvalue weighted by molar-refractivity contribution is 0.0457. The highest BCUT2D eigenvalue weighted by Crippen LogP contribution is 2.38. The molecule has 0 aliphatic rings. The maximum Gasteiger partial charge on any atom is 0.203 e. The van der Waals surface area contributed by atoms with Gasteiger partial charge in [0.1, 0.15) is 6.10 Å². The largest absolute Gasteiger partial charge is 0.494 e. The van der Waals surface area contributed by atoms with Gasteiger partial charge in [0.25, 0.3) is 0 Å². The number of hydrogen-bond donors (Lipinski definition) is 0. The highest BCUT2D eigenvalue weighted by molar-refractivity contribution is 6.00. The molecule has 0 aliphatic heterocycles. The molecular formula is C21H25FO6. The van der Waals surface area contributed by atoms with Gasteiger partial charge < -0.3 is 23.7 Å². The highest BCUT2D eigenvalue weighted by atomic mass is 19.1. The number of rotatable bonds is 10. The minimum atomic E-state index is -0.791. The van der Waals surface area contributed by atoms with Crippen LogP contribution in [0, 0.1) is 5.82 Å². The molecule has 6 nitrogen and oxygen atoms in total. The van der Waals surface area contributed by atoms with Gasteiger partial charge in [0, 0.05) is 18.6 Å². The van der Waals surface area contributed by atoms with Crippen molar-refractivity contribution in [1.82, 2.24) is 0 Å². The summed E-state index contributed by atoms with van der Waals surface area (Å²) in [5.41, 5.74) is 0.972. The molecule has 0 N–H and O–H groups in total. The van der Waals surface area contributed by atoms with Crippen molar-refractivity contribution in [1.29, 1.82) is 0 Å². The van der Waals surface area contributed by atoms with Crippen LogP contribution >= 0.6 is 0 Å². The molecule has 28 heavy (non-hydrogen) atoms. The van der Waals surface area contributed by atoms with Crippen LogP contribution in [0.1, 0.15) is 22.8 Å². The van der Waals surface area contributed by atoms with Crippen LogP contribution in [0.25, 0.3) is 0 Å². The summed E-state index contributed by atoms with van der Waals surface area (Å²) in [5.74, 6) is 0.527. The van der Waals surface area contributed by atoms with E-state index in [-0.39, 0.29) is 18.0 Å². The lowest BCUT2D eigenvalue weighted by Crippen LogP contribution is -2.27. The van der Waals surface area contributed by atoms with Crippen molar-refractivity contribution in [2.24, 2.45) is 0 Å². The van der Waals surface area contributed by atoms with Crippen molar-refractivity contribution >= 4 is 5.78 Å². The predicted octanol–water partition coefficient (Wildman–Crippen LogP) is 3.69. The maximum atomic E-state index is 14.0. The summed E-state index contributed by atoms with van der Waals surface area (Å²) in [6.07, 6.45) is -0.579. The predicted molar refractivity (Wildman–Crippen MR) is 102 cm³/mol. The van der Waals surface area contributed by atoms with Crippen LogP contribution in [0.2, 0.25) is 0 Å². The first-order valence-electron chi connectivity index (χ1n) is 8.77. The Morgan fingerprint density at radius 2 is 1.54 bits per heavy atom. The van der Waals surface area contributed by atoms with Gasteiger partial charge in [-0.1, -0.05) is 6.07 Å². The first-order valence-corrected chi connectivity index (χ1v) is 8.77. The Morgan fingerprint density at radius 3 is 2.00 bits per heavy atom. The Kier molecular flexibility index (Phi) is 7.63. The zero-order chi connectivity index (χ0) is 20.7. The van der Waals surface area contributed by atoms with Crippen molar-refractivity contribution in [3.8, 4) is 23.0 Å². The van der Waals surface area contributed by atoms with Gasteiger partial charge >= 0.3 is 0 Å². The fraction of sp³-hybridized carbons (Fsp3) is 0.381. The van der Waals surface area contributed by atoms with Crippen molar-refractivity contribution < 1.29 is 32.9 Å². The zero-order valence-corrected chi connectivity index (χ0v) is 16.7. The lowest BCUT2D eigenvalue weighted by atomic mass is 9.98. The van der Waals surface area contributed by atoms with Crippen LogP contribution in [0.5, 0.6) is 23.0 Å². The SMILES string of the molecule is CCOC(Cc1ccc(OC)c(F)c1)C(=O)c1cc(OC)c(OC)c(OC)c1. The van der Waals surface area contributed by atoms with Gasteiger partial charge in [0.2, 0.25) is 5.75 Å². The number of carbonyl (C=O) groups excluding carboxylic acids is 1. The number of Topliss-reactive ketones (excluding diaryl/α,β-unsaturated/α-hetero) is 1. The van der Waals surface area contributed by atoms with E-state index in [1.54, 1.807) is 25.1 Å². The molecule has 0 heterocycles. The highest BCUT2D eigenvalue weighted by Gasteiger charge is 2.25. The molecule has 0 fully saturated rings. The second kappa shape index (κ2) is 9.94. The molecule has 152 valence electrons. The van der Waals surface area contributed by atoms with E-state index in [4.69, 9.17) is 23.7 Å². The molecule has 0 amide bonds. The summed E-state index contributed by atoms with van der Waals surface area (Å²) < 4.78 is 40.5. The maximum absolute atomic E-state index is 14.0. The Balaban J connectivity index is 2.35. The molecule has 0 spiro atoms. The molecule has 1 atom stereocenters. The lowest BCUT2D eigenvalue weighted by Gasteiger charge is -2.18. The Morgan fingerprint density at radius 1 is 0.929 bits per heavy atom. The molecule has 7 heteroatoms. The normalized spacial score (nSPS) is 11.6. The quantitative estimate of drug-likeness (QED) is 0.575. The summed E-state index contributed by atoms with van der Waals surface area (Å²) in [4.78, 5) is 13.1. The second-order valence-electron chi connectivity index (χ2n) is 5.90. The molecule has 0 radical (unpaired) electrons. The number of carbonyl (C=O) groups is 1. The monoisotopic (exact) mass is 392 g/mol. The number of methoxy groups -OCH3 is 4. The van der Waals surface area contributed by atoms with E-state index >= 15 is 0 Å². The fourth-order valence-electron chi connectivity index (χ4n) is 2.89. The van der Waals surface area contributed by atoms with Crippen LogP contribution in [-0.2, 0) is 11.2 Å². The van der Waals surface area contributed by atoms with Gasteiger partial charge in [-0.05, 0) is 36.8 Å². The van der Waals surface area contributed by atoms with Crippen LogP contribution in [0.3, 0.4) is 0 Å². The number of ether oxygens (including phenoxy) is 5. The minimum absolute atomic E-state index is 0.146. The van der Waals surface area contributed by atoms with Gasteiger partial charge in [-0.15, -0.1) is 0 Å². The summed E-state index contributed by atoms with van der Waals surface area (Å²) in [7, 11) is 5.84. The van der Waals surface area contributed by atoms with E-state index in [1.165, 1.54) is 40.6 Å². The second-order valence-corrected chi connectivity index (χ2v) is 5.90. The zero-order valence-electron chi connectivity index (χ0n) is 16.7. The molecule has 0 saturated heterocycles. The molecule has 0 saturated carbocycles. The number of hydrogen-bond acceptors (Lipinski definition) is 6. The molecule has 0 bridgehead atoms. The van der Waals surface area contributed by atoms with Crippen LogP contribution in [0.4, 0.5) is 4.39 Å². The summed E-state index contributed by atoms with van der Waals surface area (Å²) in [5, 5.41) is 0.